The average Bonchev–Trinajstić information content (AvgIpc) is 2.80. The van der Waals surface area contributed by atoms with Crippen LogP contribution in [0.2, 0.25) is 0 Å². The van der Waals surface area contributed by atoms with Crippen LogP contribution in [-0.4, -0.2) is 11.1 Å². The summed E-state index contributed by atoms with van der Waals surface area (Å²) in [7, 11) is 0. The first-order valence-corrected chi connectivity index (χ1v) is 5.37. The Hall–Kier alpha value is -1.70. The van der Waals surface area contributed by atoms with Gasteiger partial charge in [-0.1, -0.05) is 13.0 Å². The minimum atomic E-state index is 1.02. The number of anilines is 1. The SMILES string of the molecule is CCCNc1cccc(-n2cccc2)c1. The Bertz CT molecular complexity index is 404. The number of rotatable bonds is 4. The van der Waals surface area contributed by atoms with Crippen LogP contribution in [0.5, 0.6) is 0 Å². The van der Waals surface area contributed by atoms with E-state index >= 15 is 0 Å². The molecule has 0 aliphatic rings. The predicted molar refractivity (Wildman–Crippen MR) is 64.5 cm³/mol. The van der Waals surface area contributed by atoms with Gasteiger partial charge in [0.05, 0.1) is 0 Å². The molecular weight excluding hydrogens is 184 g/mol. The summed E-state index contributed by atoms with van der Waals surface area (Å²) in [4.78, 5) is 0. The Labute approximate surface area is 90.6 Å². The van der Waals surface area contributed by atoms with Crippen molar-refractivity contribution in [1.82, 2.24) is 4.57 Å². The summed E-state index contributed by atoms with van der Waals surface area (Å²) in [5, 5.41) is 3.38. The summed E-state index contributed by atoms with van der Waals surface area (Å²) in [6.45, 7) is 3.19. The fraction of sp³-hybridized carbons (Fsp3) is 0.231. The zero-order chi connectivity index (χ0) is 10.5. The standard InChI is InChI=1S/C13H16N2/c1-2-8-14-12-6-5-7-13(11-12)15-9-3-4-10-15/h3-7,9-11,14H,2,8H2,1H3. The number of hydrogen-bond acceptors (Lipinski definition) is 1. The summed E-state index contributed by atoms with van der Waals surface area (Å²) >= 11 is 0. The third-order valence-corrected chi connectivity index (χ3v) is 2.33. The Morgan fingerprint density at radius 2 is 1.93 bits per heavy atom. The molecule has 0 amide bonds. The van der Waals surface area contributed by atoms with E-state index in [9.17, 15) is 0 Å². The molecule has 0 atom stereocenters. The number of aromatic nitrogens is 1. The lowest BCUT2D eigenvalue weighted by Gasteiger charge is -2.07. The first kappa shape index (κ1) is 9.84. The normalized spacial score (nSPS) is 10.2. The Morgan fingerprint density at radius 3 is 2.67 bits per heavy atom. The van der Waals surface area contributed by atoms with Crippen LogP contribution >= 0.6 is 0 Å². The van der Waals surface area contributed by atoms with Crippen LogP contribution in [0, 0.1) is 0 Å². The third kappa shape index (κ3) is 2.40. The highest BCUT2D eigenvalue weighted by molar-refractivity contribution is 5.51. The molecule has 0 saturated carbocycles. The molecule has 1 heterocycles. The lowest BCUT2D eigenvalue weighted by molar-refractivity contribution is 0.978. The first-order chi connectivity index (χ1) is 7.40. The zero-order valence-electron chi connectivity index (χ0n) is 8.98. The molecule has 0 unspecified atom stereocenters. The Morgan fingerprint density at radius 1 is 1.13 bits per heavy atom. The molecule has 0 radical (unpaired) electrons. The molecule has 2 nitrogen and oxygen atoms in total. The zero-order valence-corrected chi connectivity index (χ0v) is 8.98. The quantitative estimate of drug-likeness (QED) is 0.801. The van der Waals surface area contributed by atoms with Crippen molar-refractivity contribution in [1.29, 1.82) is 0 Å². The predicted octanol–water partition coefficient (Wildman–Crippen LogP) is 3.30. The highest BCUT2D eigenvalue weighted by Gasteiger charge is 1.95. The second-order valence-electron chi connectivity index (χ2n) is 3.57. The van der Waals surface area contributed by atoms with E-state index in [1.165, 1.54) is 11.4 Å². The minimum absolute atomic E-state index is 1.02. The second kappa shape index (κ2) is 4.69. The second-order valence-corrected chi connectivity index (χ2v) is 3.57. The molecule has 0 bridgehead atoms. The maximum Gasteiger partial charge on any atom is 0.0469 e. The lowest BCUT2D eigenvalue weighted by Crippen LogP contribution is -2.00. The fourth-order valence-electron chi connectivity index (χ4n) is 1.55. The van der Waals surface area contributed by atoms with Gasteiger partial charge in [-0.15, -0.1) is 0 Å². The summed E-state index contributed by atoms with van der Waals surface area (Å²) < 4.78 is 2.11. The van der Waals surface area contributed by atoms with Crippen LogP contribution in [0.3, 0.4) is 0 Å². The van der Waals surface area contributed by atoms with Gasteiger partial charge in [-0.05, 0) is 36.8 Å². The molecule has 0 aliphatic heterocycles. The molecule has 0 spiro atoms. The molecule has 1 N–H and O–H groups in total. The van der Waals surface area contributed by atoms with Crippen LogP contribution in [0.25, 0.3) is 5.69 Å². The molecule has 0 saturated heterocycles. The van der Waals surface area contributed by atoms with Gasteiger partial charge >= 0.3 is 0 Å². The van der Waals surface area contributed by atoms with E-state index in [4.69, 9.17) is 0 Å². The van der Waals surface area contributed by atoms with E-state index < -0.39 is 0 Å². The lowest BCUT2D eigenvalue weighted by atomic mass is 10.2. The van der Waals surface area contributed by atoms with Crippen molar-refractivity contribution in [3.63, 3.8) is 0 Å². The number of nitrogens with one attached hydrogen (secondary N) is 1. The molecule has 0 aliphatic carbocycles. The van der Waals surface area contributed by atoms with Crippen molar-refractivity contribution < 1.29 is 0 Å². The van der Waals surface area contributed by atoms with Gasteiger partial charge in [0.2, 0.25) is 0 Å². The van der Waals surface area contributed by atoms with Gasteiger partial charge < -0.3 is 9.88 Å². The maximum atomic E-state index is 3.38. The average molecular weight is 200 g/mol. The van der Waals surface area contributed by atoms with Gasteiger partial charge in [0.1, 0.15) is 0 Å². The van der Waals surface area contributed by atoms with Gasteiger partial charge in [-0.3, -0.25) is 0 Å². The van der Waals surface area contributed by atoms with Crippen molar-refractivity contribution >= 4 is 5.69 Å². The molecule has 0 fully saturated rings. The van der Waals surface area contributed by atoms with Crippen molar-refractivity contribution in [2.45, 2.75) is 13.3 Å². The van der Waals surface area contributed by atoms with E-state index in [0.29, 0.717) is 0 Å². The summed E-state index contributed by atoms with van der Waals surface area (Å²) in [6.07, 6.45) is 5.26. The van der Waals surface area contributed by atoms with Crippen LogP contribution in [0.4, 0.5) is 5.69 Å². The maximum absolute atomic E-state index is 3.38. The van der Waals surface area contributed by atoms with E-state index in [0.717, 1.165) is 13.0 Å². The van der Waals surface area contributed by atoms with Gasteiger partial charge in [0, 0.05) is 30.3 Å². The summed E-state index contributed by atoms with van der Waals surface area (Å²) in [5.74, 6) is 0. The van der Waals surface area contributed by atoms with Crippen molar-refractivity contribution in [3.8, 4) is 5.69 Å². The fourth-order valence-corrected chi connectivity index (χ4v) is 1.55. The Balaban J connectivity index is 2.19. The van der Waals surface area contributed by atoms with Gasteiger partial charge in [0.25, 0.3) is 0 Å². The first-order valence-electron chi connectivity index (χ1n) is 5.37. The van der Waals surface area contributed by atoms with Gasteiger partial charge in [0.15, 0.2) is 0 Å². The molecule has 2 aromatic rings. The molecule has 15 heavy (non-hydrogen) atoms. The summed E-state index contributed by atoms with van der Waals surface area (Å²) in [6, 6.07) is 12.5. The number of nitrogens with zero attached hydrogens (tertiary/aromatic N) is 1. The van der Waals surface area contributed by atoms with E-state index in [1.807, 2.05) is 12.1 Å². The topological polar surface area (TPSA) is 17.0 Å². The number of benzene rings is 1. The van der Waals surface area contributed by atoms with Crippen molar-refractivity contribution in [3.05, 3.63) is 48.8 Å². The molecular formula is C13H16N2. The van der Waals surface area contributed by atoms with E-state index in [-0.39, 0.29) is 0 Å². The molecule has 2 heteroatoms. The van der Waals surface area contributed by atoms with E-state index in [1.54, 1.807) is 0 Å². The molecule has 78 valence electrons. The van der Waals surface area contributed by atoms with Crippen LogP contribution in [0.1, 0.15) is 13.3 Å². The van der Waals surface area contributed by atoms with Crippen molar-refractivity contribution in [2.24, 2.45) is 0 Å². The van der Waals surface area contributed by atoms with Crippen LogP contribution in [0.15, 0.2) is 48.8 Å². The highest BCUT2D eigenvalue weighted by Crippen LogP contribution is 2.14. The van der Waals surface area contributed by atoms with Gasteiger partial charge in [-0.25, -0.2) is 0 Å². The van der Waals surface area contributed by atoms with Gasteiger partial charge in [-0.2, -0.15) is 0 Å². The smallest absolute Gasteiger partial charge is 0.0469 e. The monoisotopic (exact) mass is 200 g/mol. The van der Waals surface area contributed by atoms with Crippen molar-refractivity contribution in [2.75, 3.05) is 11.9 Å². The minimum Gasteiger partial charge on any atom is -0.385 e. The summed E-state index contributed by atoms with van der Waals surface area (Å²) in [5.41, 5.74) is 2.38. The molecule has 2 rings (SSSR count). The van der Waals surface area contributed by atoms with E-state index in [2.05, 4.69) is 53.5 Å². The van der Waals surface area contributed by atoms with Crippen LogP contribution < -0.4 is 5.32 Å². The molecule has 1 aromatic carbocycles. The highest BCUT2D eigenvalue weighted by atomic mass is 14.9. The molecule has 1 aromatic heterocycles. The third-order valence-electron chi connectivity index (χ3n) is 2.33. The Kier molecular flexibility index (Phi) is 3.08. The van der Waals surface area contributed by atoms with Crippen LogP contribution in [-0.2, 0) is 0 Å². The largest absolute Gasteiger partial charge is 0.385 e. The number of hydrogen-bond donors (Lipinski definition) is 1.